The summed E-state index contributed by atoms with van der Waals surface area (Å²) in [7, 11) is -2.72. The second-order valence-electron chi connectivity index (χ2n) is 7.91. The molecule has 0 saturated heterocycles. The fourth-order valence-corrected chi connectivity index (χ4v) is 9.25. The van der Waals surface area contributed by atoms with Gasteiger partial charge in [0.25, 0.3) is 0 Å². The molecule has 0 atom stereocenters. The van der Waals surface area contributed by atoms with E-state index in [0.717, 1.165) is 5.30 Å². The molecule has 0 N–H and O–H groups in total. The Balaban J connectivity index is 1.79. The van der Waals surface area contributed by atoms with Gasteiger partial charge in [0.15, 0.2) is 0 Å². The Labute approximate surface area is 194 Å². The summed E-state index contributed by atoms with van der Waals surface area (Å²) < 4.78 is 20.9. The summed E-state index contributed by atoms with van der Waals surface area (Å²) in [5.74, 6) is 0.470. The summed E-state index contributed by atoms with van der Waals surface area (Å²) in [5, 5.41) is 4.78. The van der Waals surface area contributed by atoms with Crippen molar-refractivity contribution in [2.75, 3.05) is 0 Å². The van der Waals surface area contributed by atoms with Gasteiger partial charge in [0.2, 0.25) is 0 Å². The predicted molar refractivity (Wildman–Crippen MR) is 139 cm³/mol. The van der Waals surface area contributed by atoms with Gasteiger partial charge in [-0.2, -0.15) is 0 Å². The molecule has 5 aromatic rings. The summed E-state index contributed by atoms with van der Waals surface area (Å²) in [5.41, 5.74) is 0. The van der Waals surface area contributed by atoms with E-state index in [0.29, 0.717) is 5.75 Å². The first-order valence-electron chi connectivity index (χ1n) is 11.0. The van der Waals surface area contributed by atoms with E-state index >= 15 is 0 Å². The third-order valence-electron chi connectivity index (χ3n) is 5.96. The molecule has 1 nitrogen and oxygen atoms in total. The van der Waals surface area contributed by atoms with Crippen LogP contribution >= 0.6 is 7.26 Å². The number of para-hydroxylation sites is 1. The average Bonchev–Trinajstić information content (AvgIpc) is 2.89. The minimum atomic E-state index is -2.72. The first kappa shape index (κ1) is 21.1. The molecule has 0 spiro atoms. The van der Waals surface area contributed by atoms with E-state index in [9.17, 15) is 4.39 Å². The SMILES string of the molecule is Fc1ccc([PH](c2ccccc2)(c2ccccc2)c2ccccc2)cc1Oc1ccccc1. The topological polar surface area (TPSA) is 9.23 Å². The van der Waals surface area contributed by atoms with Crippen LogP contribution in [0.25, 0.3) is 0 Å². The van der Waals surface area contributed by atoms with Gasteiger partial charge in [-0.05, 0) is 0 Å². The number of rotatable bonds is 6. The van der Waals surface area contributed by atoms with Crippen LogP contribution in [0.15, 0.2) is 140 Å². The van der Waals surface area contributed by atoms with Crippen molar-refractivity contribution in [2.24, 2.45) is 0 Å². The van der Waals surface area contributed by atoms with E-state index in [-0.39, 0.29) is 11.6 Å². The molecule has 0 heterocycles. The zero-order valence-corrected chi connectivity index (χ0v) is 19.1. The van der Waals surface area contributed by atoms with Crippen molar-refractivity contribution in [1.29, 1.82) is 0 Å². The summed E-state index contributed by atoms with van der Waals surface area (Å²) in [6, 6.07) is 46.4. The molecule has 0 unspecified atom stereocenters. The quantitative estimate of drug-likeness (QED) is 0.290. The molecule has 3 heteroatoms. The van der Waals surface area contributed by atoms with E-state index in [4.69, 9.17) is 4.74 Å². The number of hydrogen-bond donors (Lipinski definition) is 0. The molecule has 0 bridgehead atoms. The number of ether oxygens (including phenoxy) is 1. The molecule has 162 valence electrons. The van der Waals surface area contributed by atoms with E-state index < -0.39 is 7.26 Å². The average molecular weight is 450 g/mol. The molecule has 0 saturated carbocycles. The maximum atomic E-state index is 14.9. The van der Waals surface area contributed by atoms with Crippen LogP contribution in [0.4, 0.5) is 4.39 Å². The van der Waals surface area contributed by atoms with E-state index in [1.807, 2.05) is 60.7 Å². The van der Waals surface area contributed by atoms with E-state index in [2.05, 4.69) is 72.8 Å². The third-order valence-corrected chi connectivity index (χ3v) is 10.7. The summed E-state index contributed by atoms with van der Waals surface area (Å²) in [4.78, 5) is 0. The van der Waals surface area contributed by atoms with Gasteiger partial charge in [-0.3, -0.25) is 0 Å². The molecule has 0 radical (unpaired) electrons. The van der Waals surface area contributed by atoms with Gasteiger partial charge in [0.05, 0.1) is 0 Å². The van der Waals surface area contributed by atoms with Crippen LogP contribution in [0.1, 0.15) is 0 Å². The Morgan fingerprint density at radius 2 is 0.879 bits per heavy atom. The van der Waals surface area contributed by atoms with Crippen molar-refractivity contribution in [3.8, 4) is 11.5 Å². The first-order valence-corrected chi connectivity index (χ1v) is 13.0. The molecule has 5 aromatic carbocycles. The monoisotopic (exact) mass is 450 g/mol. The molecule has 0 aliphatic heterocycles. The van der Waals surface area contributed by atoms with Crippen LogP contribution in [0.2, 0.25) is 0 Å². The maximum absolute atomic E-state index is 14.9. The summed E-state index contributed by atoms with van der Waals surface area (Å²) >= 11 is 0. The van der Waals surface area contributed by atoms with Crippen molar-refractivity contribution < 1.29 is 9.13 Å². The van der Waals surface area contributed by atoms with Gasteiger partial charge in [0.1, 0.15) is 0 Å². The second kappa shape index (κ2) is 9.40. The zero-order chi connectivity index (χ0) is 22.5. The minimum absolute atomic E-state index is 0.235. The molecular formula is C30H24FOP. The third kappa shape index (κ3) is 4.06. The number of halogens is 1. The Bertz CT molecular complexity index is 1230. The number of benzene rings is 5. The molecule has 0 aliphatic rings. The molecular weight excluding hydrogens is 426 g/mol. The fourth-order valence-electron chi connectivity index (χ4n) is 4.49. The van der Waals surface area contributed by atoms with Gasteiger partial charge in [0, 0.05) is 0 Å². The standard InChI is InChI=1S/C30H24FOP/c31-29-22-21-28(23-30(29)32-24-13-5-1-6-14-24)33(25-15-7-2-8-16-25,26-17-9-3-10-18-26)27-19-11-4-12-20-27/h1-23,33H. The van der Waals surface area contributed by atoms with Gasteiger partial charge >= 0.3 is 194 Å². The van der Waals surface area contributed by atoms with Crippen molar-refractivity contribution in [1.82, 2.24) is 0 Å². The van der Waals surface area contributed by atoms with Crippen molar-refractivity contribution in [2.45, 2.75) is 0 Å². The van der Waals surface area contributed by atoms with Gasteiger partial charge < -0.3 is 0 Å². The normalized spacial score (nSPS) is 11.7. The predicted octanol–water partition coefficient (Wildman–Crippen LogP) is 5.97. The molecule has 0 aliphatic carbocycles. The van der Waals surface area contributed by atoms with Gasteiger partial charge in [-0.15, -0.1) is 0 Å². The van der Waals surface area contributed by atoms with Crippen LogP contribution < -0.4 is 26.0 Å². The fraction of sp³-hybridized carbons (Fsp3) is 0. The molecule has 0 amide bonds. The summed E-state index contributed by atoms with van der Waals surface area (Å²) in [6.45, 7) is 0. The Kier molecular flexibility index (Phi) is 6.02. The van der Waals surface area contributed by atoms with Crippen LogP contribution in [-0.2, 0) is 0 Å². The van der Waals surface area contributed by atoms with Crippen LogP contribution in [0, 0.1) is 5.82 Å². The van der Waals surface area contributed by atoms with E-state index in [1.54, 1.807) is 0 Å². The molecule has 5 rings (SSSR count). The first-order chi connectivity index (χ1) is 16.3. The Hall–Kier alpha value is -3.74. The van der Waals surface area contributed by atoms with Crippen LogP contribution in [-0.4, -0.2) is 0 Å². The Morgan fingerprint density at radius 3 is 1.33 bits per heavy atom. The number of hydrogen-bond acceptors (Lipinski definition) is 1. The van der Waals surface area contributed by atoms with Crippen molar-refractivity contribution >= 4 is 28.5 Å². The Morgan fingerprint density at radius 1 is 0.455 bits per heavy atom. The van der Waals surface area contributed by atoms with Crippen molar-refractivity contribution in [3.63, 3.8) is 0 Å². The van der Waals surface area contributed by atoms with Crippen molar-refractivity contribution in [3.05, 3.63) is 145 Å². The molecule has 0 fully saturated rings. The van der Waals surface area contributed by atoms with Crippen LogP contribution in [0.5, 0.6) is 11.5 Å². The summed E-state index contributed by atoms with van der Waals surface area (Å²) in [6.07, 6.45) is 0. The molecule has 33 heavy (non-hydrogen) atoms. The second-order valence-corrected chi connectivity index (χ2v) is 11.7. The van der Waals surface area contributed by atoms with Gasteiger partial charge in [-0.25, -0.2) is 0 Å². The van der Waals surface area contributed by atoms with Crippen LogP contribution in [0.3, 0.4) is 0 Å². The zero-order valence-electron chi connectivity index (χ0n) is 18.1. The van der Waals surface area contributed by atoms with Gasteiger partial charge in [-0.1, -0.05) is 0 Å². The molecule has 0 aromatic heterocycles. The van der Waals surface area contributed by atoms with E-state index in [1.165, 1.54) is 22.0 Å².